The van der Waals surface area contributed by atoms with Gasteiger partial charge in [0.1, 0.15) is 5.69 Å². The van der Waals surface area contributed by atoms with Gasteiger partial charge in [0.2, 0.25) is 10.6 Å². The van der Waals surface area contributed by atoms with Crippen LogP contribution in [0.15, 0.2) is 65.4 Å². The molecular formula is C17H15N5S. The van der Waals surface area contributed by atoms with Gasteiger partial charge in [-0.3, -0.25) is 4.98 Å². The molecule has 5 nitrogen and oxygen atoms in total. The summed E-state index contributed by atoms with van der Waals surface area (Å²) in [6.45, 7) is 1.99. The van der Waals surface area contributed by atoms with Crippen LogP contribution in [0.3, 0.4) is 0 Å². The largest absolute Gasteiger partial charge is 0.253 e. The SMILES string of the molecule is CC(/C=N\n1c(-c2ccccn2)n[nH]c1=S)=C/c1ccccc1. The lowest BCUT2D eigenvalue weighted by Crippen LogP contribution is -1.96. The molecule has 2 aromatic heterocycles. The van der Waals surface area contributed by atoms with Crippen LogP contribution in [0, 0.1) is 4.77 Å². The number of nitrogens with zero attached hydrogens (tertiary/aromatic N) is 4. The zero-order chi connectivity index (χ0) is 16.1. The molecule has 2 heterocycles. The number of nitrogens with one attached hydrogen (secondary N) is 1. The van der Waals surface area contributed by atoms with Gasteiger partial charge in [0, 0.05) is 6.20 Å². The molecule has 0 saturated heterocycles. The molecule has 0 aliphatic carbocycles. The molecule has 1 aromatic carbocycles. The lowest BCUT2D eigenvalue weighted by molar-refractivity contribution is 0.867. The third kappa shape index (κ3) is 3.67. The van der Waals surface area contributed by atoms with E-state index in [1.165, 1.54) is 0 Å². The number of aromatic amines is 1. The van der Waals surface area contributed by atoms with Crippen LogP contribution in [-0.2, 0) is 0 Å². The minimum absolute atomic E-state index is 0.425. The van der Waals surface area contributed by atoms with Crippen molar-refractivity contribution in [2.75, 3.05) is 0 Å². The van der Waals surface area contributed by atoms with Crippen LogP contribution in [0.5, 0.6) is 0 Å². The molecule has 3 rings (SSSR count). The predicted molar refractivity (Wildman–Crippen MR) is 94.6 cm³/mol. The molecule has 0 atom stereocenters. The number of allylic oxidation sites excluding steroid dienone is 1. The first kappa shape index (κ1) is 15.1. The Hall–Kier alpha value is -2.86. The topological polar surface area (TPSA) is 58.9 Å². The molecule has 6 heteroatoms. The van der Waals surface area contributed by atoms with Gasteiger partial charge >= 0.3 is 0 Å². The molecule has 0 fully saturated rings. The highest BCUT2D eigenvalue weighted by Gasteiger charge is 2.08. The summed E-state index contributed by atoms with van der Waals surface area (Å²) < 4.78 is 1.99. The van der Waals surface area contributed by atoms with Crippen LogP contribution in [0.4, 0.5) is 0 Å². The highest BCUT2D eigenvalue weighted by molar-refractivity contribution is 7.71. The van der Waals surface area contributed by atoms with Gasteiger partial charge in [0.15, 0.2) is 0 Å². The van der Waals surface area contributed by atoms with Gasteiger partial charge in [-0.15, -0.1) is 0 Å². The minimum Gasteiger partial charge on any atom is -0.253 e. The number of aromatic nitrogens is 4. The van der Waals surface area contributed by atoms with Crippen molar-refractivity contribution < 1.29 is 0 Å². The van der Waals surface area contributed by atoms with E-state index in [2.05, 4.69) is 20.3 Å². The molecule has 0 aliphatic rings. The fourth-order valence-electron chi connectivity index (χ4n) is 2.06. The maximum atomic E-state index is 5.24. The lowest BCUT2D eigenvalue weighted by atomic mass is 10.1. The van der Waals surface area contributed by atoms with Crippen LogP contribution in [0.2, 0.25) is 0 Å². The van der Waals surface area contributed by atoms with Crippen molar-refractivity contribution in [1.29, 1.82) is 0 Å². The number of pyridine rings is 1. The molecule has 114 valence electrons. The molecule has 0 bridgehead atoms. The van der Waals surface area contributed by atoms with Crippen molar-refractivity contribution in [3.63, 3.8) is 0 Å². The van der Waals surface area contributed by atoms with Gasteiger partial charge in [-0.1, -0.05) is 42.5 Å². The summed E-state index contributed by atoms with van der Waals surface area (Å²) in [7, 11) is 0. The average molecular weight is 321 g/mol. The van der Waals surface area contributed by atoms with Gasteiger partial charge in [-0.05, 0) is 42.4 Å². The first-order valence-corrected chi connectivity index (χ1v) is 7.51. The molecule has 23 heavy (non-hydrogen) atoms. The Balaban J connectivity index is 1.90. The summed E-state index contributed by atoms with van der Waals surface area (Å²) in [4.78, 5) is 4.28. The summed E-state index contributed by atoms with van der Waals surface area (Å²) >= 11 is 5.24. The molecule has 0 radical (unpaired) electrons. The lowest BCUT2D eigenvalue weighted by Gasteiger charge is -2.00. The van der Waals surface area contributed by atoms with E-state index in [1.807, 2.05) is 61.5 Å². The maximum absolute atomic E-state index is 5.24. The Bertz CT molecular complexity index is 891. The Morgan fingerprint density at radius 2 is 1.96 bits per heavy atom. The van der Waals surface area contributed by atoms with Crippen molar-refractivity contribution in [3.8, 4) is 11.5 Å². The Morgan fingerprint density at radius 3 is 2.70 bits per heavy atom. The van der Waals surface area contributed by atoms with E-state index >= 15 is 0 Å². The second kappa shape index (κ2) is 6.93. The van der Waals surface area contributed by atoms with E-state index < -0.39 is 0 Å². The summed E-state index contributed by atoms with van der Waals surface area (Å²) in [5.41, 5.74) is 2.84. The summed E-state index contributed by atoms with van der Waals surface area (Å²) in [5, 5.41) is 11.4. The average Bonchev–Trinajstić information content (AvgIpc) is 2.95. The van der Waals surface area contributed by atoms with Crippen LogP contribution in [-0.4, -0.2) is 26.1 Å². The van der Waals surface area contributed by atoms with Crippen molar-refractivity contribution in [3.05, 3.63) is 70.6 Å². The molecule has 1 N–H and O–H groups in total. The Kier molecular flexibility index (Phi) is 4.54. The molecule has 0 saturated carbocycles. The van der Waals surface area contributed by atoms with Crippen LogP contribution >= 0.6 is 12.2 Å². The number of H-pyrrole nitrogens is 1. The number of hydrogen-bond donors (Lipinski definition) is 1. The van der Waals surface area contributed by atoms with E-state index in [-0.39, 0.29) is 0 Å². The van der Waals surface area contributed by atoms with Gasteiger partial charge < -0.3 is 0 Å². The predicted octanol–water partition coefficient (Wildman–Crippen LogP) is 3.94. The first-order chi connectivity index (χ1) is 11.2. The molecule has 3 aromatic rings. The second-order valence-corrected chi connectivity index (χ2v) is 5.31. The van der Waals surface area contributed by atoms with Gasteiger partial charge in [0.05, 0.1) is 6.21 Å². The van der Waals surface area contributed by atoms with E-state index in [1.54, 1.807) is 17.1 Å². The molecular weight excluding hydrogens is 306 g/mol. The quantitative estimate of drug-likeness (QED) is 0.585. The fourth-order valence-corrected chi connectivity index (χ4v) is 2.24. The summed E-state index contributed by atoms with van der Waals surface area (Å²) in [6, 6.07) is 15.7. The van der Waals surface area contributed by atoms with Crippen molar-refractivity contribution in [2.24, 2.45) is 5.10 Å². The normalized spacial score (nSPS) is 12.0. The number of hydrogen-bond acceptors (Lipinski definition) is 4. The van der Waals surface area contributed by atoms with E-state index in [4.69, 9.17) is 12.2 Å². The van der Waals surface area contributed by atoms with Crippen LogP contribution in [0.25, 0.3) is 17.6 Å². The smallest absolute Gasteiger partial charge is 0.216 e. The Labute approximate surface area is 139 Å². The van der Waals surface area contributed by atoms with Gasteiger partial charge in [0.25, 0.3) is 0 Å². The standard InChI is InChI=1S/C17H15N5S/c1-13(11-14-7-3-2-4-8-14)12-19-22-16(20-21-17(22)23)15-9-5-6-10-18-15/h2-12H,1H3,(H,21,23)/b13-11-,19-12-. The summed E-state index contributed by atoms with van der Waals surface area (Å²) in [5.74, 6) is 0.583. The van der Waals surface area contributed by atoms with Crippen LogP contribution in [0.1, 0.15) is 12.5 Å². The summed E-state index contributed by atoms with van der Waals surface area (Å²) in [6.07, 6.45) is 5.51. The monoisotopic (exact) mass is 321 g/mol. The van der Waals surface area contributed by atoms with Gasteiger partial charge in [-0.25, -0.2) is 5.10 Å². The maximum Gasteiger partial charge on any atom is 0.216 e. The van der Waals surface area contributed by atoms with Gasteiger partial charge in [-0.2, -0.15) is 14.9 Å². The van der Waals surface area contributed by atoms with Crippen molar-refractivity contribution in [2.45, 2.75) is 6.92 Å². The minimum atomic E-state index is 0.425. The van der Waals surface area contributed by atoms with Crippen molar-refractivity contribution >= 4 is 24.5 Å². The highest BCUT2D eigenvalue weighted by atomic mass is 32.1. The highest BCUT2D eigenvalue weighted by Crippen LogP contribution is 2.13. The third-order valence-corrected chi connectivity index (χ3v) is 3.38. The zero-order valence-electron chi connectivity index (χ0n) is 12.5. The first-order valence-electron chi connectivity index (χ1n) is 7.10. The fraction of sp³-hybridized carbons (Fsp3) is 0.0588. The second-order valence-electron chi connectivity index (χ2n) is 4.92. The van der Waals surface area contributed by atoms with E-state index in [0.29, 0.717) is 16.3 Å². The van der Waals surface area contributed by atoms with Crippen LogP contribution < -0.4 is 0 Å². The van der Waals surface area contributed by atoms with E-state index in [0.717, 1.165) is 11.1 Å². The third-order valence-electron chi connectivity index (χ3n) is 3.12. The molecule has 0 spiro atoms. The molecule has 0 aliphatic heterocycles. The molecule has 0 unspecified atom stereocenters. The van der Waals surface area contributed by atoms with E-state index in [9.17, 15) is 0 Å². The number of rotatable bonds is 4. The van der Waals surface area contributed by atoms with Crippen molar-refractivity contribution in [1.82, 2.24) is 19.9 Å². The number of benzene rings is 1. The Morgan fingerprint density at radius 1 is 1.17 bits per heavy atom. The zero-order valence-corrected chi connectivity index (χ0v) is 13.4. The molecule has 0 amide bonds.